The zero-order valence-corrected chi connectivity index (χ0v) is 32.3. The lowest BCUT2D eigenvalue weighted by Crippen LogP contribution is -2.19. The molecule has 0 radical (unpaired) electrons. The molecule has 0 bridgehead atoms. The van der Waals surface area contributed by atoms with E-state index < -0.39 is 0 Å². The van der Waals surface area contributed by atoms with Crippen molar-refractivity contribution in [1.82, 2.24) is 0 Å². The fourth-order valence-electron chi connectivity index (χ4n) is 6.86. The Kier molecular flexibility index (Phi) is 16.2. The molecule has 0 N–H and O–H groups in total. The van der Waals surface area contributed by atoms with Crippen LogP contribution in [-0.4, -0.2) is 0 Å². The Hall–Kier alpha value is -3.12. The molecule has 2 aliphatic carbocycles. The van der Waals surface area contributed by atoms with Crippen molar-refractivity contribution in [2.45, 2.75) is 134 Å². The van der Waals surface area contributed by atoms with Crippen LogP contribution in [0.3, 0.4) is 0 Å². The molecule has 0 aliphatic heterocycles. The predicted molar refractivity (Wildman–Crippen MR) is 214 cm³/mol. The van der Waals surface area contributed by atoms with Gasteiger partial charge >= 0.3 is 0 Å². The van der Waals surface area contributed by atoms with E-state index in [4.69, 9.17) is 0 Å². The van der Waals surface area contributed by atoms with Gasteiger partial charge in [0.25, 0.3) is 0 Å². The van der Waals surface area contributed by atoms with E-state index >= 15 is 0 Å². The summed E-state index contributed by atoms with van der Waals surface area (Å²) in [6.07, 6.45) is 37.5. The lowest BCUT2D eigenvalue weighted by molar-refractivity contribution is 0.376. The van der Waals surface area contributed by atoms with E-state index in [0.717, 1.165) is 19.3 Å². The first-order valence-electron chi connectivity index (χ1n) is 18.2. The Morgan fingerprint density at radius 1 is 0.660 bits per heavy atom. The second kappa shape index (κ2) is 19.0. The Morgan fingerprint density at radius 2 is 1.11 bits per heavy atom. The van der Waals surface area contributed by atoms with E-state index in [1.807, 2.05) is 0 Å². The van der Waals surface area contributed by atoms with E-state index in [9.17, 15) is 0 Å². The minimum absolute atomic E-state index is 0.282. The lowest BCUT2D eigenvalue weighted by Gasteiger charge is -2.33. The van der Waals surface area contributed by atoms with Crippen LogP contribution >= 0.6 is 0 Å². The SMILES string of the molecule is C=C(C/C=C(C)/C=C/C=C(C)/C=C/C1=C(C)CCCC1(C)C)C(C)C(=C)CC/C=C(C)/C=C/C=C(C)/C=C/C1=C(C)CCCC1(C)C. The highest BCUT2D eigenvalue weighted by Crippen LogP contribution is 2.41. The molecule has 0 aromatic heterocycles. The van der Waals surface area contributed by atoms with Crippen molar-refractivity contribution in [2.24, 2.45) is 16.7 Å². The molecule has 2 aliphatic rings. The number of hydrogen-bond donors (Lipinski definition) is 0. The van der Waals surface area contributed by atoms with Gasteiger partial charge in [0.1, 0.15) is 0 Å². The van der Waals surface area contributed by atoms with Crippen molar-refractivity contribution in [3.05, 3.63) is 142 Å². The van der Waals surface area contributed by atoms with Gasteiger partial charge in [0.05, 0.1) is 0 Å². The second-order valence-electron chi connectivity index (χ2n) is 15.7. The molecule has 0 heterocycles. The zero-order chi connectivity index (χ0) is 35.2. The van der Waals surface area contributed by atoms with Gasteiger partial charge in [-0.2, -0.15) is 0 Å². The highest BCUT2D eigenvalue weighted by atomic mass is 14.3. The summed E-state index contributed by atoms with van der Waals surface area (Å²) in [6, 6.07) is 0. The number of hydrogen-bond acceptors (Lipinski definition) is 0. The van der Waals surface area contributed by atoms with Crippen molar-refractivity contribution in [1.29, 1.82) is 0 Å². The molecule has 0 saturated carbocycles. The fraction of sp³-hybridized carbons (Fsp3) is 0.489. The Balaban J connectivity index is 1.81. The number of rotatable bonds is 15. The van der Waals surface area contributed by atoms with Crippen LogP contribution in [0.5, 0.6) is 0 Å². The van der Waals surface area contributed by atoms with Crippen molar-refractivity contribution in [2.75, 3.05) is 0 Å². The molecule has 0 spiro atoms. The third-order valence-corrected chi connectivity index (χ3v) is 10.4. The Bertz CT molecular complexity index is 1420. The van der Waals surface area contributed by atoms with Crippen molar-refractivity contribution < 1.29 is 0 Å². The molecule has 0 heteroatoms. The summed E-state index contributed by atoms with van der Waals surface area (Å²) in [5.74, 6) is 0.312. The summed E-state index contributed by atoms with van der Waals surface area (Å²) in [6.45, 7) is 33.9. The van der Waals surface area contributed by atoms with Gasteiger partial charge in [0, 0.05) is 0 Å². The first-order valence-corrected chi connectivity index (χ1v) is 18.2. The minimum Gasteiger partial charge on any atom is -0.0993 e. The number of allylic oxidation sites excluding steroid dienone is 22. The largest absolute Gasteiger partial charge is 0.0993 e. The van der Waals surface area contributed by atoms with Gasteiger partial charge in [-0.05, 0) is 127 Å². The van der Waals surface area contributed by atoms with Gasteiger partial charge in [0.15, 0.2) is 0 Å². The normalized spacial score (nSPS) is 20.8. The van der Waals surface area contributed by atoms with Crippen LogP contribution in [0.4, 0.5) is 0 Å². The topological polar surface area (TPSA) is 0 Å². The van der Waals surface area contributed by atoms with Crippen molar-refractivity contribution in [3.63, 3.8) is 0 Å². The third-order valence-electron chi connectivity index (χ3n) is 10.4. The quantitative estimate of drug-likeness (QED) is 0.124. The molecule has 256 valence electrons. The average Bonchev–Trinajstić information content (AvgIpc) is 2.98. The maximum Gasteiger partial charge on any atom is -0.00236 e. The standard InChI is InChI=1S/C47H68/c1-35(19-14-21-37(3)28-31-44-41(7)25-17-33-46(44,10)11)23-16-24-39(5)43(9)40(6)30-27-36(2)20-15-22-38(4)29-32-45-42(8)26-18-34-47(45,12)13/h14-15,19-23,27-29,31-32,43H,5-6,16-18,24-26,30,33-34H2,1-4,7-13H3/b19-14+,20-15+,31-28+,32-29+,35-23+,36-27+,37-21+,38-22+. The van der Waals surface area contributed by atoms with E-state index in [1.165, 1.54) is 83.1 Å². The minimum atomic E-state index is 0.282. The zero-order valence-electron chi connectivity index (χ0n) is 32.3. The molecule has 1 unspecified atom stereocenters. The van der Waals surface area contributed by atoms with Crippen LogP contribution < -0.4 is 0 Å². The van der Waals surface area contributed by atoms with Gasteiger partial charge < -0.3 is 0 Å². The molecule has 0 amide bonds. The highest BCUT2D eigenvalue weighted by Gasteiger charge is 2.27. The third kappa shape index (κ3) is 13.9. The molecule has 0 aromatic carbocycles. The Labute approximate surface area is 291 Å². The van der Waals surface area contributed by atoms with Gasteiger partial charge in [-0.3, -0.25) is 0 Å². The highest BCUT2D eigenvalue weighted by molar-refractivity contribution is 5.38. The van der Waals surface area contributed by atoms with E-state index in [-0.39, 0.29) is 10.8 Å². The van der Waals surface area contributed by atoms with Crippen molar-refractivity contribution in [3.8, 4) is 0 Å². The first kappa shape index (κ1) is 40.1. The average molecular weight is 633 g/mol. The Morgan fingerprint density at radius 3 is 1.55 bits per heavy atom. The summed E-state index contributed by atoms with van der Waals surface area (Å²) < 4.78 is 0. The van der Waals surface area contributed by atoms with Gasteiger partial charge in [0.2, 0.25) is 0 Å². The van der Waals surface area contributed by atoms with Crippen LogP contribution in [0.1, 0.15) is 134 Å². The van der Waals surface area contributed by atoms with E-state index in [0.29, 0.717) is 5.92 Å². The van der Waals surface area contributed by atoms with Crippen molar-refractivity contribution >= 4 is 0 Å². The summed E-state index contributed by atoms with van der Waals surface area (Å²) in [4.78, 5) is 0. The van der Waals surface area contributed by atoms with Gasteiger partial charge in [-0.15, -0.1) is 0 Å². The molecule has 0 fully saturated rings. The van der Waals surface area contributed by atoms with Crippen LogP contribution in [0.25, 0.3) is 0 Å². The van der Waals surface area contributed by atoms with Crippen LogP contribution in [0.15, 0.2) is 142 Å². The predicted octanol–water partition coefficient (Wildman–Crippen LogP) is 15.0. The lowest BCUT2D eigenvalue weighted by atomic mass is 9.72. The van der Waals surface area contributed by atoms with Crippen LogP contribution in [0.2, 0.25) is 0 Å². The van der Waals surface area contributed by atoms with Crippen LogP contribution in [-0.2, 0) is 0 Å². The molecular formula is C47H68. The summed E-state index contributed by atoms with van der Waals surface area (Å²) >= 11 is 0. The van der Waals surface area contributed by atoms with E-state index in [2.05, 4.69) is 162 Å². The molecular weight excluding hydrogens is 565 g/mol. The maximum absolute atomic E-state index is 4.41. The van der Waals surface area contributed by atoms with E-state index in [1.54, 1.807) is 11.1 Å². The van der Waals surface area contributed by atoms with Gasteiger partial charge in [-0.25, -0.2) is 0 Å². The first-order chi connectivity index (χ1) is 22.0. The molecule has 0 saturated heterocycles. The van der Waals surface area contributed by atoms with Gasteiger partial charge in [-0.1, -0.05) is 165 Å². The smallest absolute Gasteiger partial charge is 0.00236 e. The summed E-state index contributed by atoms with van der Waals surface area (Å²) in [5.41, 5.74) is 14.3. The molecule has 0 nitrogen and oxygen atoms in total. The van der Waals surface area contributed by atoms with Crippen LogP contribution in [0, 0.1) is 16.7 Å². The maximum atomic E-state index is 4.41. The second-order valence-corrected chi connectivity index (χ2v) is 15.7. The molecule has 1 atom stereocenters. The molecule has 0 aromatic rings. The summed E-state index contributed by atoms with van der Waals surface area (Å²) in [7, 11) is 0. The molecule has 47 heavy (non-hydrogen) atoms. The monoisotopic (exact) mass is 633 g/mol. The summed E-state index contributed by atoms with van der Waals surface area (Å²) in [5, 5.41) is 0. The fourth-order valence-corrected chi connectivity index (χ4v) is 6.86. The molecule has 2 rings (SSSR count).